The van der Waals surface area contributed by atoms with Crippen LogP contribution in [-0.4, -0.2) is 70.7 Å². The third-order valence-corrected chi connectivity index (χ3v) is 8.36. The predicted octanol–water partition coefficient (Wildman–Crippen LogP) is 2.45. The fourth-order valence-corrected chi connectivity index (χ4v) is 6.27. The highest BCUT2D eigenvalue weighted by atomic mass is 32.2. The summed E-state index contributed by atoms with van der Waals surface area (Å²) in [4.78, 5) is 16.4. The minimum atomic E-state index is -1.22. The van der Waals surface area contributed by atoms with Gasteiger partial charge in [-0.1, -0.05) is 17.0 Å². The van der Waals surface area contributed by atoms with E-state index in [4.69, 9.17) is 24.5 Å². The van der Waals surface area contributed by atoms with Gasteiger partial charge in [0.25, 0.3) is 0 Å². The van der Waals surface area contributed by atoms with Crippen molar-refractivity contribution in [1.82, 2.24) is 29.7 Å². The van der Waals surface area contributed by atoms with E-state index in [2.05, 4.69) is 36.9 Å². The number of hydrogen-bond acceptors (Lipinski definition) is 13. The number of aryl methyl sites for hydroxylation is 1. The summed E-state index contributed by atoms with van der Waals surface area (Å²) in [5.41, 5.74) is 10.3. The Bertz CT molecular complexity index is 1870. The van der Waals surface area contributed by atoms with Crippen molar-refractivity contribution in [2.45, 2.75) is 37.2 Å². The zero-order valence-electron chi connectivity index (χ0n) is 22.7. The third-order valence-electron chi connectivity index (χ3n) is 7.30. The molecule has 1 saturated heterocycles. The maximum Gasteiger partial charge on any atom is 0.231 e. The number of rotatable bonds is 6. The van der Waals surface area contributed by atoms with Crippen LogP contribution in [0.5, 0.6) is 11.5 Å². The smallest absolute Gasteiger partial charge is 0.231 e. The molecule has 0 bridgehead atoms. The lowest BCUT2D eigenvalue weighted by atomic mass is 10.1. The maximum absolute atomic E-state index is 11.0. The van der Waals surface area contributed by atoms with Crippen LogP contribution in [0.2, 0.25) is 0 Å². The SMILES string of the molecule is Cc1noc(-c2ccc3c(c2)OCO3)c1CSC[C@H]1O[C@@H](n2cc(C#Cc3cncnc3)c3c(N)ncnc32)[C@H](O)[C@@H]1O. The first-order valence-corrected chi connectivity index (χ1v) is 14.5. The molecule has 0 radical (unpaired) electrons. The molecular weight excluding hydrogens is 574 g/mol. The average molecular weight is 600 g/mol. The molecule has 13 nitrogen and oxygen atoms in total. The molecule has 0 amide bonds. The Morgan fingerprint density at radius 1 is 1.07 bits per heavy atom. The molecule has 7 rings (SSSR count). The molecule has 1 aromatic carbocycles. The summed E-state index contributed by atoms with van der Waals surface area (Å²) >= 11 is 1.54. The average Bonchev–Trinajstić information content (AvgIpc) is 3.79. The number of benzene rings is 1. The summed E-state index contributed by atoms with van der Waals surface area (Å²) in [7, 11) is 0. The molecule has 6 heterocycles. The normalized spacial score (nSPS) is 20.8. The molecular formula is C29H25N7O6S. The van der Waals surface area contributed by atoms with Gasteiger partial charge in [-0.3, -0.25) is 0 Å². The lowest BCUT2D eigenvalue weighted by molar-refractivity contribution is -0.0285. The highest BCUT2D eigenvalue weighted by molar-refractivity contribution is 7.98. The molecule has 1 fully saturated rings. The molecule has 218 valence electrons. The van der Waals surface area contributed by atoms with Crippen molar-refractivity contribution in [2.75, 3.05) is 18.3 Å². The third kappa shape index (κ3) is 5.02. The van der Waals surface area contributed by atoms with Crippen molar-refractivity contribution in [1.29, 1.82) is 0 Å². The van der Waals surface area contributed by atoms with Crippen LogP contribution in [0, 0.1) is 18.8 Å². The second-order valence-electron chi connectivity index (χ2n) is 9.99. The van der Waals surface area contributed by atoms with Crippen LogP contribution < -0.4 is 15.2 Å². The molecule has 0 aliphatic carbocycles. The van der Waals surface area contributed by atoms with E-state index >= 15 is 0 Å². The van der Waals surface area contributed by atoms with E-state index < -0.39 is 24.5 Å². The Morgan fingerprint density at radius 2 is 1.91 bits per heavy atom. The first-order valence-electron chi connectivity index (χ1n) is 13.3. The number of hydrogen-bond donors (Lipinski definition) is 3. The first kappa shape index (κ1) is 27.2. The first-order chi connectivity index (χ1) is 21.0. The zero-order valence-corrected chi connectivity index (χ0v) is 23.6. The van der Waals surface area contributed by atoms with E-state index in [1.54, 1.807) is 23.2 Å². The molecule has 2 aliphatic rings. The van der Waals surface area contributed by atoms with Crippen LogP contribution in [-0.2, 0) is 10.5 Å². The molecule has 4 atom stereocenters. The number of aliphatic hydroxyl groups is 2. The van der Waals surface area contributed by atoms with Crippen molar-refractivity contribution >= 4 is 28.6 Å². The number of aromatic nitrogens is 6. The molecule has 4 aromatic heterocycles. The van der Waals surface area contributed by atoms with Gasteiger partial charge >= 0.3 is 0 Å². The van der Waals surface area contributed by atoms with Gasteiger partial charge in [0.1, 0.15) is 36.3 Å². The molecule has 4 N–H and O–H groups in total. The Kier molecular flexibility index (Phi) is 7.07. The summed E-state index contributed by atoms with van der Waals surface area (Å²) in [6, 6.07) is 5.61. The quantitative estimate of drug-likeness (QED) is 0.243. The monoisotopic (exact) mass is 599 g/mol. The predicted molar refractivity (Wildman–Crippen MR) is 155 cm³/mol. The van der Waals surface area contributed by atoms with Crippen LogP contribution >= 0.6 is 11.8 Å². The minimum Gasteiger partial charge on any atom is -0.454 e. The number of thioether (sulfide) groups is 1. The highest BCUT2D eigenvalue weighted by Gasteiger charge is 2.44. The summed E-state index contributed by atoms with van der Waals surface area (Å²) in [6.45, 7) is 2.07. The molecule has 43 heavy (non-hydrogen) atoms. The van der Waals surface area contributed by atoms with Crippen LogP contribution in [0.4, 0.5) is 5.82 Å². The van der Waals surface area contributed by atoms with Gasteiger partial charge in [-0.2, -0.15) is 11.8 Å². The van der Waals surface area contributed by atoms with Gasteiger partial charge in [-0.25, -0.2) is 19.9 Å². The Balaban J connectivity index is 1.09. The fraction of sp³-hybridized carbons (Fsp3) is 0.276. The van der Waals surface area contributed by atoms with E-state index in [0.717, 1.165) is 16.8 Å². The lowest BCUT2D eigenvalue weighted by Crippen LogP contribution is -2.32. The van der Waals surface area contributed by atoms with Crippen molar-refractivity contribution in [3.8, 4) is 34.7 Å². The van der Waals surface area contributed by atoms with Crippen LogP contribution in [0.1, 0.15) is 28.6 Å². The van der Waals surface area contributed by atoms with Gasteiger partial charge in [0, 0.05) is 41.2 Å². The lowest BCUT2D eigenvalue weighted by Gasteiger charge is -2.17. The van der Waals surface area contributed by atoms with E-state index in [9.17, 15) is 10.2 Å². The molecule has 0 saturated carbocycles. The van der Waals surface area contributed by atoms with Gasteiger partial charge in [-0.05, 0) is 25.1 Å². The van der Waals surface area contributed by atoms with Crippen molar-refractivity contribution in [2.24, 2.45) is 0 Å². The standard InChI is InChI=1S/C29H25N7O6S/c1-15-19(26(42-35-15)17-4-5-20-21(6-17)40-14-39-20)10-43-11-22-24(37)25(38)29(41-22)36-9-18(3-2-16-7-31-12-32-8-16)23-27(30)33-13-34-28(23)36/h4-9,12-13,22,24-25,29,37-38H,10-11,14H2,1H3,(H2,30,33,34)/t22-,24-,25-,29-/m1/s1. The summed E-state index contributed by atoms with van der Waals surface area (Å²) < 4.78 is 24.4. The number of nitrogens with zero attached hydrogens (tertiary/aromatic N) is 6. The minimum absolute atomic E-state index is 0.185. The van der Waals surface area contributed by atoms with Gasteiger partial charge < -0.3 is 39.2 Å². The van der Waals surface area contributed by atoms with E-state index in [-0.39, 0.29) is 12.6 Å². The number of aliphatic hydroxyl groups excluding tert-OH is 2. The number of ether oxygens (including phenoxy) is 3. The van der Waals surface area contributed by atoms with Gasteiger partial charge in [0.2, 0.25) is 6.79 Å². The Hall–Kier alpha value is -4.68. The van der Waals surface area contributed by atoms with Gasteiger partial charge in [0.15, 0.2) is 23.5 Å². The molecule has 2 aliphatic heterocycles. The van der Waals surface area contributed by atoms with Crippen molar-refractivity contribution < 1.29 is 28.9 Å². The summed E-state index contributed by atoms with van der Waals surface area (Å²) in [6.07, 6.45) is 3.71. The molecule has 0 unspecified atom stereocenters. The maximum atomic E-state index is 11.0. The second-order valence-corrected chi connectivity index (χ2v) is 11.0. The van der Waals surface area contributed by atoms with Crippen LogP contribution in [0.3, 0.4) is 0 Å². The topological polar surface area (TPSA) is 177 Å². The largest absolute Gasteiger partial charge is 0.454 e. The summed E-state index contributed by atoms with van der Waals surface area (Å²) in [5.74, 6) is 9.24. The van der Waals surface area contributed by atoms with Gasteiger partial charge in [0.05, 0.1) is 28.3 Å². The molecule has 0 spiro atoms. The highest BCUT2D eigenvalue weighted by Crippen LogP contribution is 2.39. The van der Waals surface area contributed by atoms with E-state index in [0.29, 0.717) is 50.9 Å². The number of nitrogen functional groups attached to an aromatic ring is 1. The number of nitrogens with two attached hydrogens (primary N) is 1. The molecule has 5 aromatic rings. The number of anilines is 1. The second kappa shape index (κ2) is 11.2. The van der Waals surface area contributed by atoms with E-state index in [1.165, 1.54) is 24.4 Å². The summed E-state index contributed by atoms with van der Waals surface area (Å²) in [5, 5.41) is 26.7. The Labute approximate surface area is 249 Å². The van der Waals surface area contributed by atoms with Crippen molar-refractivity contribution in [3.63, 3.8) is 0 Å². The van der Waals surface area contributed by atoms with E-state index in [1.807, 2.05) is 25.1 Å². The fourth-order valence-electron chi connectivity index (χ4n) is 5.10. The van der Waals surface area contributed by atoms with Gasteiger partial charge in [-0.15, -0.1) is 0 Å². The zero-order chi connectivity index (χ0) is 29.5. The van der Waals surface area contributed by atoms with Crippen molar-refractivity contribution in [3.05, 3.63) is 71.8 Å². The van der Waals surface area contributed by atoms with Crippen LogP contribution in [0.25, 0.3) is 22.4 Å². The van der Waals surface area contributed by atoms with Crippen LogP contribution in [0.15, 0.2) is 54.0 Å². The number of fused-ring (bicyclic) bond motifs is 2. The molecule has 14 heteroatoms. The Morgan fingerprint density at radius 3 is 2.77 bits per heavy atom.